The molecule has 3 nitrogen and oxygen atoms in total. The van der Waals surface area contributed by atoms with Crippen LogP contribution in [0.15, 0.2) is 54.9 Å². The van der Waals surface area contributed by atoms with E-state index >= 15 is 0 Å². The summed E-state index contributed by atoms with van der Waals surface area (Å²) in [6.45, 7) is 9.30. The lowest BCUT2D eigenvalue weighted by Gasteiger charge is -2.15. The average Bonchev–Trinajstić information content (AvgIpc) is 3.07. The molecule has 5 heteroatoms. The lowest BCUT2D eigenvalue weighted by atomic mass is 9.99. The van der Waals surface area contributed by atoms with Gasteiger partial charge in [0.15, 0.2) is 0 Å². The first-order valence-corrected chi connectivity index (χ1v) is 10.7. The molecule has 30 heavy (non-hydrogen) atoms. The van der Waals surface area contributed by atoms with Crippen molar-refractivity contribution in [3.8, 4) is 33.9 Å². The van der Waals surface area contributed by atoms with Crippen molar-refractivity contribution in [3.63, 3.8) is 0 Å². The number of imidazole rings is 1. The van der Waals surface area contributed by atoms with Gasteiger partial charge in [-0.2, -0.15) is 0 Å². The summed E-state index contributed by atoms with van der Waals surface area (Å²) in [6.07, 6.45) is 3.57. The average molecular weight is 436 g/mol. The van der Waals surface area contributed by atoms with Crippen molar-refractivity contribution in [2.24, 2.45) is 0 Å². The Kier molecular flexibility index (Phi) is 5.68. The van der Waals surface area contributed by atoms with E-state index in [-0.39, 0.29) is 0 Å². The fraction of sp³-hybridized carbons (Fsp3) is 0.200. The smallest absolute Gasteiger partial charge is 0.141 e. The van der Waals surface area contributed by atoms with Crippen molar-refractivity contribution in [3.05, 3.63) is 81.6 Å². The highest BCUT2D eigenvalue weighted by Gasteiger charge is 2.23. The van der Waals surface area contributed by atoms with E-state index in [9.17, 15) is 0 Å². The van der Waals surface area contributed by atoms with E-state index in [0.717, 1.165) is 40.4 Å². The van der Waals surface area contributed by atoms with Gasteiger partial charge in [0, 0.05) is 40.7 Å². The van der Waals surface area contributed by atoms with Gasteiger partial charge < -0.3 is 4.57 Å². The molecule has 2 aromatic carbocycles. The summed E-state index contributed by atoms with van der Waals surface area (Å²) >= 11 is 12.8. The molecule has 0 amide bonds. The molecule has 4 rings (SSSR count). The fourth-order valence-corrected chi connectivity index (χ4v) is 4.65. The minimum absolute atomic E-state index is 0.608. The Hall–Kier alpha value is -2.62. The number of halogens is 2. The van der Waals surface area contributed by atoms with Crippen molar-refractivity contribution in [2.75, 3.05) is 0 Å². The summed E-state index contributed by atoms with van der Waals surface area (Å²) in [5, 5.41) is 1.22. The van der Waals surface area contributed by atoms with Gasteiger partial charge in [0.2, 0.25) is 0 Å². The third-order valence-corrected chi connectivity index (χ3v) is 5.87. The van der Waals surface area contributed by atoms with Gasteiger partial charge >= 0.3 is 0 Å². The van der Waals surface area contributed by atoms with Crippen LogP contribution in [0.3, 0.4) is 0 Å². The van der Waals surface area contributed by atoms with Crippen molar-refractivity contribution in [2.45, 2.75) is 34.2 Å². The lowest BCUT2D eigenvalue weighted by Crippen LogP contribution is -2.03. The predicted molar refractivity (Wildman–Crippen MR) is 126 cm³/mol. The molecule has 0 spiro atoms. The van der Waals surface area contributed by atoms with Gasteiger partial charge in [-0.15, -0.1) is 0 Å². The minimum atomic E-state index is 0.608. The molecule has 4 aromatic rings. The zero-order valence-electron chi connectivity index (χ0n) is 17.5. The lowest BCUT2D eigenvalue weighted by molar-refractivity contribution is 0.777. The molecular formula is C25H23Cl2N3. The van der Waals surface area contributed by atoms with Crippen molar-refractivity contribution < 1.29 is 0 Å². The van der Waals surface area contributed by atoms with E-state index in [4.69, 9.17) is 28.2 Å². The van der Waals surface area contributed by atoms with Gasteiger partial charge in [-0.1, -0.05) is 40.9 Å². The molecule has 0 unspecified atom stereocenters. The third kappa shape index (κ3) is 3.64. The molecule has 2 aromatic heterocycles. The fourth-order valence-electron chi connectivity index (χ4n) is 4.15. The maximum atomic E-state index is 6.65. The number of pyridine rings is 1. The Morgan fingerprint density at radius 3 is 2.17 bits per heavy atom. The van der Waals surface area contributed by atoms with Gasteiger partial charge in [0.05, 0.1) is 16.4 Å². The largest absolute Gasteiger partial charge is 0.324 e. The molecule has 0 aliphatic carbocycles. The number of benzene rings is 2. The van der Waals surface area contributed by atoms with Crippen LogP contribution in [0.25, 0.3) is 33.9 Å². The van der Waals surface area contributed by atoms with Gasteiger partial charge in [-0.25, -0.2) is 4.98 Å². The number of hydrogen-bond acceptors (Lipinski definition) is 2. The van der Waals surface area contributed by atoms with E-state index in [2.05, 4.69) is 49.4 Å². The molecular weight excluding hydrogens is 413 g/mol. The second-order valence-corrected chi connectivity index (χ2v) is 8.35. The summed E-state index contributed by atoms with van der Waals surface area (Å²) in [5.41, 5.74) is 8.62. The SMILES string of the molecule is CCn1c(-c2c(C)cc(C)cc2C)nc(-c2ccncc2)c1-c1ccc(Cl)cc1Cl. The molecule has 0 aliphatic rings. The zero-order valence-corrected chi connectivity index (χ0v) is 19.0. The number of nitrogens with zero attached hydrogens (tertiary/aromatic N) is 3. The predicted octanol–water partition coefficient (Wildman–Crippen LogP) is 7.53. The maximum Gasteiger partial charge on any atom is 0.141 e. The molecule has 0 atom stereocenters. The molecule has 0 bridgehead atoms. The van der Waals surface area contributed by atoms with Crippen LogP contribution in [-0.4, -0.2) is 14.5 Å². The molecule has 152 valence electrons. The normalized spacial score (nSPS) is 11.1. The summed E-state index contributed by atoms with van der Waals surface area (Å²) in [5.74, 6) is 0.945. The van der Waals surface area contributed by atoms with Crippen molar-refractivity contribution in [1.82, 2.24) is 14.5 Å². The Balaban J connectivity index is 2.09. The van der Waals surface area contributed by atoms with Crippen molar-refractivity contribution >= 4 is 23.2 Å². The van der Waals surface area contributed by atoms with Crippen LogP contribution in [-0.2, 0) is 6.54 Å². The van der Waals surface area contributed by atoms with Gasteiger partial charge in [-0.3, -0.25) is 4.98 Å². The number of rotatable bonds is 4. The van der Waals surface area contributed by atoms with Crippen LogP contribution in [0.5, 0.6) is 0 Å². The highest BCUT2D eigenvalue weighted by Crippen LogP contribution is 2.41. The molecule has 0 saturated heterocycles. The third-order valence-electron chi connectivity index (χ3n) is 5.32. The first kappa shape index (κ1) is 20.6. The highest BCUT2D eigenvalue weighted by molar-refractivity contribution is 6.36. The molecule has 2 heterocycles. The maximum absolute atomic E-state index is 6.65. The van der Waals surface area contributed by atoms with Crippen LogP contribution < -0.4 is 0 Å². The zero-order chi connectivity index (χ0) is 21.4. The van der Waals surface area contributed by atoms with Gasteiger partial charge in [-0.05, 0) is 69.2 Å². The van der Waals surface area contributed by atoms with Crippen LogP contribution >= 0.6 is 23.2 Å². The summed E-state index contributed by atoms with van der Waals surface area (Å²) in [6, 6.07) is 14.0. The first-order chi connectivity index (χ1) is 14.4. The highest BCUT2D eigenvalue weighted by atomic mass is 35.5. The van der Waals surface area contributed by atoms with Gasteiger partial charge in [0.1, 0.15) is 5.82 Å². The van der Waals surface area contributed by atoms with E-state index < -0.39 is 0 Å². The van der Waals surface area contributed by atoms with E-state index in [1.165, 1.54) is 16.7 Å². The molecule has 0 radical (unpaired) electrons. The molecule has 0 N–H and O–H groups in total. The Bertz CT molecular complexity index is 1200. The van der Waals surface area contributed by atoms with Crippen LogP contribution in [0.2, 0.25) is 10.0 Å². The Labute approximate surface area is 187 Å². The molecule has 0 fully saturated rings. The Morgan fingerprint density at radius 1 is 0.900 bits per heavy atom. The van der Waals surface area contributed by atoms with Crippen LogP contribution in [0.1, 0.15) is 23.6 Å². The van der Waals surface area contributed by atoms with Crippen molar-refractivity contribution in [1.29, 1.82) is 0 Å². The Morgan fingerprint density at radius 2 is 1.57 bits per heavy atom. The number of aromatic nitrogens is 3. The quantitative estimate of drug-likeness (QED) is 0.331. The number of aryl methyl sites for hydroxylation is 3. The minimum Gasteiger partial charge on any atom is -0.324 e. The van der Waals surface area contributed by atoms with E-state index in [1.807, 2.05) is 24.3 Å². The van der Waals surface area contributed by atoms with E-state index in [1.54, 1.807) is 18.5 Å². The van der Waals surface area contributed by atoms with Crippen LogP contribution in [0, 0.1) is 20.8 Å². The first-order valence-electron chi connectivity index (χ1n) is 9.95. The monoisotopic (exact) mass is 435 g/mol. The van der Waals surface area contributed by atoms with Crippen LogP contribution in [0.4, 0.5) is 0 Å². The summed E-state index contributed by atoms with van der Waals surface area (Å²) in [7, 11) is 0. The van der Waals surface area contributed by atoms with Gasteiger partial charge in [0.25, 0.3) is 0 Å². The standard InChI is InChI=1S/C25H23Cl2N3/c1-5-30-24(20-7-6-19(26)14-21(20)27)23(18-8-10-28-11-9-18)29-25(30)22-16(3)12-15(2)13-17(22)4/h6-14H,5H2,1-4H3. The second-order valence-electron chi connectivity index (χ2n) is 7.51. The summed E-state index contributed by atoms with van der Waals surface area (Å²) < 4.78 is 2.25. The second kappa shape index (κ2) is 8.25. The topological polar surface area (TPSA) is 30.7 Å². The van der Waals surface area contributed by atoms with E-state index in [0.29, 0.717) is 10.0 Å². The molecule has 0 aliphatic heterocycles. The summed E-state index contributed by atoms with van der Waals surface area (Å²) in [4.78, 5) is 9.33. The number of hydrogen-bond donors (Lipinski definition) is 0. The molecule has 0 saturated carbocycles.